The highest BCUT2D eigenvalue weighted by Crippen LogP contribution is 2.26. The van der Waals surface area contributed by atoms with Gasteiger partial charge in [0.2, 0.25) is 5.82 Å². The summed E-state index contributed by atoms with van der Waals surface area (Å²) in [5.41, 5.74) is 0.975. The second-order valence-corrected chi connectivity index (χ2v) is 5.86. The highest BCUT2D eigenvalue weighted by atomic mass is 79.9. The van der Waals surface area contributed by atoms with Crippen molar-refractivity contribution in [3.05, 3.63) is 51.9 Å². The lowest BCUT2D eigenvalue weighted by atomic mass is 10.3. The van der Waals surface area contributed by atoms with Gasteiger partial charge in [0.05, 0.1) is 6.26 Å². The first kappa shape index (κ1) is 16.0. The van der Waals surface area contributed by atoms with E-state index in [1.54, 1.807) is 6.26 Å². The predicted octanol–water partition coefficient (Wildman–Crippen LogP) is 4.40. The van der Waals surface area contributed by atoms with Crippen LogP contribution in [0.15, 0.2) is 33.4 Å². The molecule has 1 aromatic heterocycles. The average molecular weight is 360 g/mol. The molecule has 0 radical (unpaired) electrons. The molecule has 1 aromatic carbocycles. The fourth-order valence-electron chi connectivity index (χ4n) is 1.70. The van der Waals surface area contributed by atoms with Crippen LogP contribution in [0.1, 0.15) is 25.2 Å². The van der Waals surface area contributed by atoms with E-state index in [9.17, 15) is 8.78 Å². The molecule has 0 aliphatic heterocycles. The van der Waals surface area contributed by atoms with Gasteiger partial charge < -0.3 is 14.5 Å². The standard InChI is InChI=1S/C15H16BrF2NO2/c1-9(2)19-6-10-3-12(20-7-10)8-21-14-5-11(16)4-13(17)15(14)18/h3-5,7,9,19H,6,8H2,1-2H3. The van der Waals surface area contributed by atoms with Gasteiger partial charge in [-0.2, -0.15) is 4.39 Å². The maximum absolute atomic E-state index is 13.5. The summed E-state index contributed by atoms with van der Waals surface area (Å²) < 4.78 is 37.8. The summed E-state index contributed by atoms with van der Waals surface area (Å²) >= 11 is 3.09. The molecule has 0 saturated heterocycles. The van der Waals surface area contributed by atoms with Crippen molar-refractivity contribution < 1.29 is 17.9 Å². The zero-order valence-electron chi connectivity index (χ0n) is 11.8. The lowest BCUT2D eigenvalue weighted by Gasteiger charge is -2.06. The summed E-state index contributed by atoms with van der Waals surface area (Å²) in [6.45, 7) is 4.82. The normalized spacial score (nSPS) is 11.1. The van der Waals surface area contributed by atoms with Gasteiger partial charge in [-0.3, -0.25) is 0 Å². The maximum atomic E-state index is 13.5. The summed E-state index contributed by atoms with van der Waals surface area (Å²) in [4.78, 5) is 0. The lowest BCUT2D eigenvalue weighted by Crippen LogP contribution is -2.21. The number of furan rings is 1. The maximum Gasteiger partial charge on any atom is 0.200 e. The number of hydrogen-bond donors (Lipinski definition) is 1. The first-order chi connectivity index (χ1) is 9.95. The summed E-state index contributed by atoms with van der Waals surface area (Å²) in [6, 6.07) is 4.62. The predicted molar refractivity (Wildman–Crippen MR) is 79.1 cm³/mol. The van der Waals surface area contributed by atoms with E-state index in [1.165, 1.54) is 6.07 Å². The number of hydrogen-bond acceptors (Lipinski definition) is 3. The Labute approximate surface area is 130 Å². The van der Waals surface area contributed by atoms with Gasteiger partial charge in [0.15, 0.2) is 11.6 Å². The molecule has 0 bridgehead atoms. The van der Waals surface area contributed by atoms with Gasteiger partial charge in [-0.15, -0.1) is 0 Å². The Hall–Kier alpha value is -1.40. The van der Waals surface area contributed by atoms with Crippen molar-refractivity contribution in [1.29, 1.82) is 0 Å². The Morgan fingerprint density at radius 2 is 2.05 bits per heavy atom. The van der Waals surface area contributed by atoms with Crippen molar-refractivity contribution in [2.45, 2.75) is 33.0 Å². The van der Waals surface area contributed by atoms with Crippen LogP contribution in [0.4, 0.5) is 8.78 Å². The van der Waals surface area contributed by atoms with E-state index in [2.05, 4.69) is 35.1 Å². The van der Waals surface area contributed by atoms with Crippen LogP contribution in [0.5, 0.6) is 5.75 Å². The molecule has 21 heavy (non-hydrogen) atoms. The third-order valence-electron chi connectivity index (χ3n) is 2.75. The van der Waals surface area contributed by atoms with Crippen LogP contribution in [0.25, 0.3) is 0 Å². The molecule has 0 aliphatic rings. The zero-order valence-corrected chi connectivity index (χ0v) is 13.3. The molecule has 0 spiro atoms. The van der Waals surface area contributed by atoms with Crippen molar-refractivity contribution in [2.24, 2.45) is 0 Å². The third kappa shape index (κ3) is 4.54. The molecule has 6 heteroatoms. The van der Waals surface area contributed by atoms with Crippen LogP contribution in [0.2, 0.25) is 0 Å². The van der Waals surface area contributed by atoms with E-state index in [-0.39, 0.29) is 12.4 Å². The van der Waals surface area contributed by atoms with E-state index in [4.69, 9.17) is 9.15 Å². The molecule has 2 rings (SSSR count). The van der Waals surface area contributed by atoms with Gasteiger partial charge in [0.1, 0.15) is 12.4 Å². The molecule has 2 aromatic rings. The zero-order chi connectivity index (χ0) is 15.4. The number of halogens is 3. The fraction of sp³-hybridized carbons (Fsp3) is 0.333. The molecule has 114 valence electrons. The van der Waals surface area contributed by atoms with Gasteiger partial charge in [0.25, 0.3) is 0 Å². The van der Waals surface area contributed by atoms with Gasteiger partial charge in [0, 0.05) is 22.6 Å². The number of rotatable bonds is 6. The quantitative estimate of drug-likeness (QED) is 0.776. The molecule has 3 nitrogen and oxygen atoms in total. The van der Waals surface area contributed by atoms with E-state index in [0.29, 0.717) is 22.8 Å². The minimum atomic E-state index is -1.01. The summed E-state index contributed by atoms with van der Waals surface area (Å²) in [6.07, 6.45) is 1.62. The first-order valence-corrected chi connectivity index (χ1v) is 7.32. The Kier molecular flexibility index (Phi) is 5.36. The van der Waals surface area contributed by atoms with Crippen molar-refractivity contribution in [2.75, 3.05) is 0 Å². The van der Waals surface area contributed by atoms with Crippen LogP contribution < -0.4 is 10.1 Å². The highest BCUT2D eigenvalue weighted by Gasteiger charge is 2.12. The van der Waals surface area contributed by atoms with Crippen LogP contribution in [-0.2, 0) is 13.2 Å². The Bertz CT molecular complexity index is 614. The first-order valence-electron chi connectivity index (χ1n) is 6.52. The molecule has 0 fully saturated rings. The summed E-state index contributed by atoms with van der Waals surface area (Å²) in [5, 5.41) is 3.26. The van der Waals surface area contributed by atoms with Crippen LogP contribution in [0, 0.1) is 11.6 Å². The SMILES string of the molecule is CC(C)NCc1coc(COc2cc(Br)cc(F)c2F)c1. The second-order valence-electron chi connectivity index (χ2n) is 4.95. The van der Waals surface area contributed by atoms with Crippen molar-refractivity contribution >= 4 is 15.9 Å². The molecule has 0 atom stereocenters. The molecule has 1 heterocycles. The smallest absolute Gasteiger partial charge is 0.200 e. The van der Waals surface area contributed by atoms with Gasteiger partial charge in [-0.05, 0) is 18.2 Å². The van der Waals surface area contributed by atoms with Gasteiger partial charge >= 0.3 is 0 Å². The minimum Gasteiger partial charge on any atom is -0.482 e. The largest absolute Gasteiger partial charge is 0.482 e. The topological polar surface area (TPSA) is 34.4 Å². The van der Waals surface area contributed by atoms with E-state index in [1.807, 2.05) is 6.07 Å². The Morgan fingerprint density at radius 1 is 1.29 bits per heavy atom. The summed E-state index contributed by atoms with van der Waals surface area (Å²) in [7, 11) is 0. The van der Waals surface area contributed by atoms with Crippen molar-refractivity contribution in [1.82, 2.24) is 5.32 Å². The van der Waals surface area contributed by atoms with Crippen LogP contribution in [-0.4, -0.2) is 6.04 Å². The lowest BCUT2D eigenvalue weighted by molar-refractivity contribution is 0.254. The molecule has 0 aliphatic carbocycles. The van der Waals surface area contributed by atoms with Crippen LogP contribution >= 0.6 is 15.9 Å². The van der Waals surface area contributed by atoms with Crippen molar-refractivity contribution in [3.63, 3.8) is 0 Å². The van der Waals surface area contributed by atoms with Crippen LogP contribution in [0.3, 0.4) is 0 Å². The number of nitrogens with one attached hydrogen (secondary N) is 1. The third-order valence-corrected chi connectivity index (χ3v) is 3.21. The molecule has 0 amide bonds. The average Bonchev–Trinajstić information content (AvgIpc) is 2.87. The van der Waals surface area contributed by atoms with Gasteiger partial charge in [-0.25, -0.2) is 4.39 Å². The molecule has 0 unspecified atom stereocenters. The van der Waals surface area contributed by atoms with E-state index >= 15 is 0 Å². The second kappa shape index (κ2) is 7.04. The molecule has 1 N–H and O–H groups in total. The monoisotopic (exact) mass is 359 g/mol. The number of benzene rings is 1. The van der Waals surface area contributed by atoms with Crippen molar-refractivity contribution in [3.8, 4) is 5.75 Å². The molecule has 0 saturated carbocycles. The Morgan fingerprint density at radius 3 is 2.76 bits per heavy atom. The summed E-state index contributed by atoms with van der Waals surface area (Å²) in [5.74, 6) is -1.57. The number of ether oxygens (including phenoxy) is 1. The molecular weight excluding hydrogens is 344 g/mol. The Balaban J connectivity index is 1.97. The minimum absolute atomic E-state index is 0.0362. The fourth-order valence-corrected chi connectivity index (χ4v) is 2.11. The van der Waals surface area contributed by atoms with E-state index < -0.39 is 11.6 Å². The van der Waals surface area contributed by atoms with Gasteiger partial charge in [-0.1, -0.05) is 29.8 Å². The van der Waals surface area contributed by atoms with E-state index in [0.717, 1.165) is 11.6 Å². The highest BCUT2D eigenvalue weighted by molar-refractivity contribution is 9.10. The molecular formula is C15H16BrF2NO2.